The van der Waals surface area contributed by atoms with Crippen molar-refractivity contribution in [2.24, 2.45) is 17.2 Å². The van der Waals surface area contributed by atoms with Crippen molar-refractivity contribution in [2.75, 3.05) is 32.0 Å². The Hall–Kier alpha value is -2.49. The van der Waals surface area contributed by atoms with Gasteiger partial charge in [0.2, 0.25) is 0 Å². The van der Waals surface area contributed by atoms with Crippen molar-refractivity contribution in [3.05, 3.63) is 46.3 Å². The van der Waals surface area contributed by atoms with Crippen molar-refractivity contribution >= 4 is 18.0 Å². The molecule has 1 aromatic carbocycles. The quantitative estimate of drug-likeness (QED) is 0.219. The highest BCUT2D eigenvalue weighted by molar-refractivity contribution is 5.73. The predicted octanol–water partition coefficient (Wildman–Crippen LogP) is 4.89. The maximum atomic E-state index is 13.8. The molecule has 1 rings (SSSR count). The number of carbonyl (C=O) groups is 1. The number of aryl methyl sites for hydroxylation is 1. The Bertz CT molecular complexity index is 752. The second-order valence-electron chi connectivity index (χ2n) is 7.45. The molecule has 0 spiro atoms. The monoisotopic (exact) mass is 514 g/mol. The second kappa shape index (κ2) is 24.2. The molecule has 0 aliphatic carbocycles. The van der Waals surface area contributed by atoms with Gasteiger partial charge in [0.25, 0.3) is 6.43 Å². The van der Waals surface area contributed by atoms with Crippen LogP contribution in [0.15, 0.2) is 29.6 Å². The molecule has 0 aliphatic rings. The summed E-state index contributed by atoms with van der Waals surface area (Å²) >= 11 is 0. The zero-order valence-corrected chi connectivity index (χ0v) is 23.7. The van der Waals surface area contributed by atoms with E-state index in [1.165, 1.54) is 6.07 Å². The molecule has 9 heteroatoms. The molecule has 1 unspecified atom stereocenters. The minimum absolute atomic E-state index is 0.0680. The maximum Gasteiger partial charge on any atom is 0.264 e. The fraction of sp³-hybridized carbons (Fsp3) is 0.593. The summed E-state index contributed by atoms with van der Waals surface area (Å²) < 4.78 is 27.5. The smallest absolute Gasteiger partial charge is 0.264 e. The standard InChI is InChI=1S/C20H33F2N5.C4H11N.C2H6.CH2O/c1-5-7-13-8-15(14(10-23)11-26-4)16(19(21)22)9-18(13)27-20(25)12(3)17(24)6-2;1-3-5-4-2;2*1-2/h8-9,11,19-20,26-27H,5-7,10,23-25H2,1-4H3;5H,3-4H2,1-2H3;1-2H3;1H2/b14-11+,17-12-;;;. The molecule has 0 aliphatic heterocycles. The van der Waals surface area contributed by atoms with Crippen LogP contribution >= 0.6 is 0 Å². The number of allylic oxidation sites excluding steroid dienone is 1. The summed E-state index contributed by atoms with van der Waals surface area (Å²) in [5.74, 6) is 0. The van der Waals surface area contributed by atoms with Crippen LogP contribution < -0.4 is 33.2 Å². The van der Waals surface area contributed by atoms with Gasteiger partial charge in [-0.1, -0.05) is 48.0 Å². The first-order valence-electron chi connectivity index (χ1n) is 12.7. The Morgan fingerprint density at radius 3 is 2.03 bits per heavy atom. The molecule has 0 saturated carbocycles. The fourth-order valence-corrected chi connectivity index (χ4v) is 3.16. The zero-order chi connectivity index (χ0) is 28.7. The van der Waals surface area contributed by atoms with Crippen molar-refractivity contribution in [3.8, 4) is 0 Å². The first-order chi connectivity index (χ1) is 17.2. The van der Waals surface area contributed by atoms with E-state index in [2.05, 4.69) is 29.8 Å². The minimum Gasteiger partial charge on any atom is -0.402 e. The Morgan fingerprint density at radius 1 is 1.11 bits per heavy atom. The van der Waals surface area contributed by atoms with E-state index in [9.17, 15) is 8.78 Å². The predicted molar refractivity (Wildman–Crippen MR) is 153 cm³/mol. The number of hydrogen-bond donors (Lipinski definition) is 6. The molecular weight excluding hydrogens is 462 g/mol. The summed E-state index contributed by atoms with van der Waals surface area (Å²) in [6.45, 7) is 18.4. The van der Waals surface area contributed by atoms with Gasteiger partial charge in [0.05, 0.1) is 6.17 Å². The molecule has 210 valence electrons. The highest BCUT2D eigenvalue weighted by atomic mass is 19.3. The van der Waals surface area contributed by atoms with E-state index in [1.54, 1.807) is 19.3 Å². The van der Waals surface area contributed by atoms with Crippen LogP contribution in [0.25, 0.3) is 5.57 Å². The lowest BCUT2D eigenvalue weighted by atomic mass is 9.94. The van der Waals surface area contributed by atoms with E-state index >= 15 is 0 Å². The van der Waals surface area contributed by atoms with Crippen molar-refractivity contribution < 1.29 is 13.6 Å². The molecule has 0 radical (unpaired) electrons. The summed E-state index contributed by atoms with van der Waals surface area (Å²) in [6, 6.07) is 3.28. The van der Waals surface area contributed by atoms with Crippen LogP contribution in [0.1, 0.15) is 84.4 Å². The topological polar surface area (TPSA) is 131 Å². The Kier molecular flexibility index (Phi) is 25.6. The average molecular weight is 515 g/mol. The minimum atomic E-state index is -2.63. The number of nitrogens with two attached hydrogens (primary N) is 3. The number of rotatable bonds is 12. The van der Waals surface area contributed by atoms with Crippen LogP contribution in [0.4, 0.5) is 14.5 Å². The molecule has 0 fully saturated rings. The molecule has 7 nitrogen and oxygen atoms in total. The van der Waals surface area contributed by atoms with Crippen molar-refractivity contribution in [3.63, 3.8) is 0 Å². The summed E-state index contributed by atoms with van der Waals surface area (Å²) in [6.07, 6.45) is 0.769. The van der Waals surface area contributed by atoms with Gasteiger partial charge in [-0.25, -0.2) is 8.78 Å². The van der Waals surface area contributed by atoms with Crippen LogP contribution in [-0.4, -0.2) is 39.6 Å². The largest absolute Gasteiger partial charge is 0.402 e. The normalized spacial score (nSPS) is 12.1. The lowest BCUT2D eigenvalue weighted by Crippen LogP contribution is -2.33. The second-order valence-corrected chi connectivity index (χ2v) is 7.45. The first-order valence-corrected chi connectivity index (χ1v) is 12.7. The molecule has 0 saturated heterocycles. The summed E-state index contributed by atoms with van der Waals surface area (Å²) in [5.41, 5.74) is 22.0. The van der Waals surface area contributed by atoms with Crippen molar-refractivity contribution in [1.29, 1.82) is 0 Å². The highest BCUT2D eigenvalue weighted by Gasteiger charge is 2.20. The van der Waals surface area contributed by atoms with Crippen molar-refractivity contribution in [1.82, 2.24) is 10.6 Å². The highest BCUT2D eigenvalue weighted by Crippen LogP contribution is 2.34. The van der Waals surface area contributed by atoms with Gasteiger partial charge in [-0.15, -0.1) is 0 Å². The Morgan fingerprint density at radius 2 is 1.67 bits per heavy atom. The number of anilines is 1. The summed E-state index contributed by atoms with van der Waals surface area (Å²) in [7, 11) is 1.72. The lowest BCUT2D eigenvalue weighted by Gasteiger charge is -2.23. The summed E-state index contributed by atoms with van der Waals surface area (Å²) in [5, 5.41) is 9.15. The third-order valence-electron chi connectivity index (χ3n) is 5.08. The van der Waals surface area contributed by atoms with Crippen LogP contribution in [0.2, 0.25) is 0 Å². The van der Waals surface area contributed by atoms with Gasteiger partial charge >= 0.3 is 0 Å². The van der Waals surface area contributed by atoms with Crippen LogP contribution in [-0.2, 0) is 11.2 Å². The van der Waals surface area contributed by atoms with Crippen LogP contribution in [0.3, 0.4) is 0 Å². The van der Waals surface area contributed by atoms with E-state index in [1.807, 2.05) is 41.4 Å². The number of alkyl halides is 2. The number of nitrogens with one attached hydrogen (secondary N) is 3. The molecule has 1 atom stereocenters. The van der Waals surface area contributed by atoms with Gasteiger partial charge in [-0.05, 0) is 67.3 Å². The molecular formula is C27H52F2N6O. The Labute approximate surface area is 218 Å². The Balaban J connectivity index is -0.00000105. The van der Waals surface area contributed by atoms with E-state index in [0.29, 0.717) is 28.9 Å². The molecule has 0 aromatic heterocycles. The maximum absolute atomic E-state index is 13.8. The number of hydrogen-bond acceptors (Lipinski definition) is 7. The number of carbonyl (C=O) groups excluding carboxylic acids is 1. The third-order valence-corrected chi connectivity index (χ3v) is 5.08. The lowest BCUT2D eigenvalue weighted by molar-refractivity contribution is -0.0980. The van der Waals surface area contributed by atoms with Gasteiger partial charge in [0, 0.05) is 36.7 Å². The van der Waals surface area contributed by atoms with E-state index in [0.717, 1.165) is 37.1 Å². The molecule has 0 amide bonds. The summed E-state index contributed by atoms with van der Waals surface area (Å²) in [4.78, 5) is 8.00. The fourth-order valence-electron chi connectivity index (χ4n) is 3.16. The van der Waals surface area contributed by atoms with Gasteiger partial charge in [-0.2, -0.15) is 0 Å². The number of benzene rings is 1. The number of halogens is 2. The molecule has 36 heavy (non-hydrogen) atoms. The van der Waals surface area contributed by atoms with Crippen LogP contribution in [0, 0.1) is 0 Å². The van der Waals surface area contributed by atoms with Crippen LogP contribution in [0.5, 0.6) is 0 Å². The van der Waals surface area contributed by atoms with Gasteiger partial charge in [0.15, 0.2) is 0 Å². The van der Waals surface area contributed by atoms with Gasteiger partial charge in [0.1, 0.15) is 6.79 Å². The van der Waals surface area contributed by atoms with Gasteiger partial charge < -0.3 is 37.9 Å². The average Bonchev–Trinajstić information content (AvgIpc) is 2.90. The third kappa shape index (κ3) is 14.2. The molecule has 1 aromatic rings. The first kappa shape index (κ1) is 38.0. The zero-order valence-electron chi connectivity index (χ0n) is 23.7. The molecule has 0 heterocycles. The van der Waals surface area contributed by atoms with Crippen molar-refractivity contribution in [2.45, 2.75) is 80.3 Å². The SMILES string of the molecule is C=O.CC.CCCc1cc(/C(=C/NC)CN)c(C(F)F)cc1NC(N)/C(C)=C(\N)CC.CCNCC. The van der Waals surface area contributed by atoms with E-state index < -0.39 is 12.6 Å². The van der Waals surface area contributed by atoms with Gasteiger partial charge in [-0.3, -0.25) is 0 Å². The van der Waals surface area contributed by atoms with E-state index in [-0.39, 0.29) is 12.1 Å². The molecule has 9 N–H and O–H groups in total. The molecule has 0 bridgehead atoms. The van der Waals surface area contributed by atoms with E-state index in [4.69, 9.17) is 22.0 Å².